The first kappa shape index (κ1) is 18.8. The molecule has 0 spiro atoms. The topological polar surface area (TPSA) is 97.8 Å². The van der Waals surface area contributed by atoms with Crippen molar-refractivity contribution in [2.45, 2.75) is 12.4 Å². The van der Waals surface area contributed by atoms with Crippen LogP contribution in [0, 0.1) is 0 Å². The molecule has 7 nitrogen and oxygen atoms in total. The van der Waals surface area contributed by atoms with Crippen LogP contribution in [0.2, 0.25) is 0 Å². The molecule has 0 atom stereocenters. The highest BCUT2D eigenvalue weighted by Gasteiger charge is 2.37. The Balaban J connectivity index is 1.69. The third-order valence-electron chi connectivity index (χ3n) is 3.99. The second kappa shape index (κ2) is 7.32. The second-order valence-corrected chi connectivity index (χ2v) is 8.43. The summed E-state index contributed by atoms with van der Waals surface area (Å²) in [6.45, 7) is -0.456. The van der Waals surface area contributed by atoms with Crippen molar-refractivity contribution in [3.8, 4) is 0 Å². The van der Waals surface area contributed by atoms with Crippen molar-refractivity contribution in [1.82, 2.24) is 4.90 Å². The number of sulfone groups is 1. The van der Waals surface area contributed by atoms with Crippen LogP contribution in [0.5, 0.6) is 0 Å². The van der Waals surface area contributed by atoms with Crippen LogP contribution in [-0.4, -0.2) is 43.9 Å². The Morgan fingerprint density at radius 1 is 0.963 bits per heavy atom. The van der Waals surface area contributed by atoms with Crippen molar-refractivity contribution in [1.29, 1.82) is 0 Å². The summed E-state index contributed by atoms with van der Waals surface area (Å²) in [5.74, 6) is -2.18. The Morgan fingerprint density at radius 3 is 2.30 bits per heavy atom. The van der Waals surface area contributed by atoms with E-state index in [1.807, 2.05) is 6.07 Å². The number of ether oxygens (including phenoxy) is 1. The van der Waals surface area contributed by atoms with Crippen molar-refractivity contribution in [2.75, 3.05) is 12.8 Å². The van der Waals surface area contributed by atoms with Crippen LogP contribution in [-0.2, 0) is 31.7 Å². The molecule has 1 aliphatic heterocycles. The lowest BCUT2D eigenvalue weighted by atomic mass is 10.1. The lowest BCUT2D eigenvalue weighted by Crippen LogP contribution is -2.35. The van der Waals surface area contributed by atoms with Crippen LogP contribution in [0.1, 0.15) is 31.8 Å². The van der Waals surface area contributed by atoms with Gasteiger partial charge in [0.05, 0.1) is 16.9 Å². The number of hydrogen-bond acceptors (Lipinski definition) is 6. The van der Waals surface area contributed by atoms with Crippen LogP contribution in [0.3, 0.4) is 0 Å². The molecule has 2 amide bonds. The maximum Gasteiger partial charge on any atom is 0.326 e. The fourth-order valence-electron chi connectivity index (χ4n) is 2.79. The summed E-state index contributed by atoms with van der Waals surface area (Å²) in [6.07, 6.45) is 1.09. The number of amides is 2. The number of carbonyl (C=O) groups is 3. The predicted molar refractivity (Wildman–Crippen MR) is 96.6 cm³/mol. The van der Waals surface area contributed by atoms with Gasteiger partial charge in [-0.05, 0) is 23.3 Å². The lowest BCUT2D eigenvalue weighted by Gasteiger charge is -2.13. The Morgan fingerprint density at radius 2 is 1.63 bits per heavy atom. The maximum absolute atomic E-state index is 12.5. The van der Waals surface area contributed by atoms with E-state index in [1.165, 1.54) is 18.2 Å². The van der Waals surface area contributed by atoms with Gasteiger partial charge in [-0.3, -0.25) is 19.3 Å². The summed E-state index contributed by atoms with van der Waals surface area (Å²) in [5.41, 5.74) is 1.44. The van der Waals surface area contributed by atoms with Crippen molar-refractivity contribution < 1.29 is 27.5 Å². The van der Waals surface area contributed by atoms with Gasteiger partial charge >= 0.3 is 5.97 Å². The molecular weight excluding hydrogens is 370 g/mol. The highest BCUT2D eigenvalue weighted by Crippen LogP contribution is 2.24. The average molecular weight is 387 g/mol. The summed E-state index contributed by atoms with van der Waals surface area (Å²) in [7, 11) is -3.28. The Kier molecular flexibility index (Phi) is 5.09. The number of esters is 1. The summed E-state index contributed by atoms with van der Waals surface area (Å²) in [5, 5.41) is 0. The number of imide groups is 1. The van der Waals surface area contributed by atoms with Gasteiger partial charge in [-0.2, -0.15) is 0 Å². The number of benzene rings is 2. The molecule has 3 rings (SSSR count). The van der Waals surface area contributed by atoms with Crippen molar-refractivity contribution in [2.24, 2.45) is 0 Å². The first-order valence-electron chi connectivity index (χ1n) is 8.11. The zero-order valence-electron chi connectivity index (χ0n) is 14.5. The molecule has 2 aromatic carbocycles. The number of rotatable bonds is 6. The minimum absolute atomic E-state index is 0.0430. The van der Waals surface area contributed by atoms with Crippen LogP contribution >= 0.6 is 0 Å². The molecule has 0 fully saturated rings. The molecule has 0 saturated carbocycles. The highest BCUT2D eigenvalue weighted by atomic mass is 32.2. The summed E-state index contributed by atoms with van der Waals surface area (Å²) in [4.78, 5) is 37.7. The van der Waals surface area contributed by atoms with Crippen LogP contribution < -0.4 is 0 Å². The highest BCUT2D eigenvalue weighted by molar-refractivity contribution is 7.89. The molecule has 1 aliphatic rings. The van der Waals surface area contributed by atoms with Gasteiger partial charge in [-0.25, -0.2) is 8.42 Å². The molecule has 27 heavy (non-hydrogen) atoms. The van der Waals surface area contributed by atoms with E-state index in [-0.39, 0.29) is 23.5 Å². The molecule has 2 aromatic rings. The smallest absolute Gasteiger partial charge is 0.326 e. The quantitative estimate of drug-likeness (QED) is 0.551. The zero-order chi connectivity index (χ0) is 19.6. The molecule has 8 heteroatoms. The summed E-state index contributed by atoms with van der Waals surface area (Å²) < 4.78 is 28.0. The predicted octanol–water partition coefficient (Wildman–Crippen LogP) is 1.57. The molecular formula is C19H17NO6S. The minimum Gasteiger partial charge on any atom is -0.459 e. The number of nitrogens with zero attached hydrogens (tertiary/aromatic N) is 1. The van der Waals surface area contributed by atoms with E-state index in [2.05, 4.69) is 0 Å². The van der Waals surface area contributed by atoms with E-state index in [4.69, 9.17) is 4.74 Å². The molecule has 0 aliphatic carbocycles. The Bertz CT molecular complexity index is 1010. The molecule has 0 saturated heterocycles. The normalized spacial score (nSPS) is 13.6. The van der Waals surface area contributed by atoms with Gasteiger partial charge in [-0.1, -0.05) is 36.4 Å². The molecule has 0 aromatic heterocycles. The van der Waals surface area contributed by atoms with E-state index in [0.29, 0.717) is 5.56 Å². The second-order valence-electron chi connectivity index (χ2n) is 6.29. The van der Waals surface area contributed by atoms with Gasteiger partial charge in [0, 0.05) is 6.26 Å². The van der Waals surface area contributed by atoms with Gasteiger partial charge in [0.2, 0.25) is 0 Å². The third kappa shape index (κ3) is 4.40. The lowest BCUT2D eigenvalue weighted by molar-refractivity contribution is -0.145. The monoisotopic (exact) mass is 387 g/mol. The SMILES string of the molecule is CS(=O)(=O)Cc1ccc2c(c1)C(=O)N(CC(=O)OCc1ccccc1)C2=O. The average Bonchev–Trinajstić information content (AvgIpc) is 2.84. The maximum atomic E-state index is 12.5. The number of carbonyl (C=O) groups excluding carboxylic acids is 3. The molecule has 0 unspecified atom stereocenters. The van der Waals surface area contributed by atoms with Gasteiger partial charge in [-0.15, -0.1) is 0 Å². The number of fused-ring (bicyclic) bond motifs is 1. The Hall–Kier alpha value is -3.00. The van der Waals surface area contributed by atoms with Crippen LogP contribution in [0.25, 0.3) is 0 Å². The summed E-state index contributed by atoms with van der Waals surface area (Å²) in [6, 6.07) is 13.3. The molecule has 0 radical (unpaired) electrons. The van der Waals surface area contributed by atoms with E-state index in [1.54, 1.807) is 24.3 Å². The molecule has 140 valence electrons. The fourth-order valence-corrected chi connectivity index (χ4v) is 3.57. The van der Waals surface area contributed by atoms with Crippen molar-refractivity contribution >= 4 is 27.6 Å². The van der Waals surface area contributed by atoms with Gasteiger partial charge in [0.1, 0.15) is 13.2 Å². The minimum atomic E-state index is -3.28. The molecule has 1 heterocycles. The number of hydrogen-bond donors (Lipinski definition) is 0. The van der Waals surface area contributed by atoms with Crippen LogP contribution in [0.15, 0.2) is 48.5 Å². The van der Waals surface area contributed by atoms with Crippen molar-refractivity contribution in [3.05, 3.63) is 70.8 Å². The largest absolute Gasteiger partial charge is 0.459 e. The summed E-state index contributed by atoms with van der Waals surface area (Å²) >= 11 is 0. The van der Waals surface area contributed by atoms with E-state index in [9.17, 15) is 22.8 Å². The third-order valence-corrected chi connectivity index (χ3v) is 4.85. The standard InChI is InChI=1S/C19H17NO6S/c1-27(24,25)12-14-7-8-15-16(9-14)19(23)20(18(15)22)10-17(21)26-11-13-5-3-2-4-6-13/h2-9H,10-12H2,1H3. The van der Waals surface area contributed by atoms with Crippen LogP contribution in [0.4, 0.5) is 0 Å². The van der Waals surface area contributed by atoms with Gasteiger partial charge < -0.3 is 4.74 Å². The van der Waals surface area contributed by atoms with E-state index >= 15 is 0 Å². The van der Waals surface area contributed by atoms with Crippen molar-refractivity contribution in [3.63, 3.8) is 0 Å². The van der Waals surface area contributed by atoms with E-state index in [0.717, 1.165) is 16.7 Å². The first-order chi connectivity index (χ1) is 12.7. The molecule has 0 N–H and O–H groups in total. The first-order valence-corrected chi connectivity index (χ1v) is 10.2. The van der Waals surface area contributed by atoms with Gasteiger partial charge in [0.15, 0.2) is 9.84 Å². The van der Waals surface area contributed by atoms with E-state index < -0.39 is 34.2 Å². The zero-order valence-corrected chi connectivity index (χ0v) is 15.4. The molecule has 0 bridgehead atoms. The van der Waals surface area contributed by atoms with Gasteiger partial charge in [0.25, 0.3) is 11.8 Å². The Labute approximate surface area is 156 Å². The fraction of sp³-hybridized carbons (Fsp3) is 0.211.